The minimum Gasteiger partial charge on any atom is -0.418 e. The molecule has 0 heterocycles. The van der Waals surface area contributed by atoms with Crippen LogP contribution < -0.4 is 0 Å². The van der Waals surface area contributed by atoms with Crippen LogP contribution in [-0.2, 0) is 0 Å². The van der Waals surface area contributed by atoms with Crippen LogP contribution >= 0.6 is 22.4 Å². The van der Waals surface area contributed by atoms with Crippen LogP contribution in [0.25, 0.3) is 0 Å². The molecule has 24 valence electrons. The molecule has 0 aliphatic carbocycles. The van der Waals surface area contributed by atoms with Gasteiger partial charge in [0.15, 0.2) is 0 Å². The highest BCUT2D eigenvalue weighted by molar-refractivity contribution is 14.1. The Morgan fingerprint density at radius 3 is 1.50 bits per heavy atom. The van der Waals surface area contributed by atoms with E-state index in [2.05, 4.69) is 0 Å². The van der Waals surface area contributed by atoms with Crippen LogP contribution in [-0.4, -0.2) is 15.0 Å². The van der Waals surface area contributed by atoms with Crippen molar-refractivity contribution in [2.24, 2.45) is 0 Å². The first-order chi connectivity index (χ1) is 1.73. The molecule has 0 saturated heterocycles. The summed E-state index contributed by atoms with van der Waals surface area (Å²) in [6.45, 7) is 0. The van der Waals surface area contributed by atoms with E-state index >= 15 is 0 Å². The van der Waals surface area contributed by atoms with Crippen molar-refractivity contribution >= 4 is 27.3 Å². The second-order valence-electron chi connectivity index (χ2n) is 0.311. The fraction of sp³-hybridized carbons (Fsp3) is 0. The summed E-state index contributed by atoms with van der Waals surface area (Å²) in [6.07, 6.45) is 0. The van der Waals surface area contributed by atoms with Crippen molar-refractivity contribution < 1.29 is 10.0 Å². The van der Waals surface area contributed by atoms with Gasteiger partial charge in [-0.15, -0.1) is 0 Å². The molecule has 4 heteroatoms. The maximum atomic E-state index is 7.60. The third-order valence-corrected chi connectivity index (χ3v) is 0. The first-order valence-electron chi connectivity index (χ1n) is 0.735. The zero-order chi connectivity index (χ0) is 3.58. The highest BCUT2D eigenvalue weighted by Gasteiger charge is 1.90. The minimum atomic E-state index is -1.20. The Morgan fingerprint density at radius 1 is 1.50 bits per heavy atom. The molecule has 0 rings (SSSR count). The van der Waals surface area contributed by atoms with E-state index in [4.69, 9.17) is 10.0 Å². The molecule has 0 aliphatic rings. The second kappa shape index (κ2) is 1.98. The van der Waals surface area contributed by atoms with Crippen LogP contribution in [0.4, 0.5) is 0 Å². The number of hydrogen-bond donors (Lipinski definition) is 2. The van der Waals surface area contributed by atoms with Gasteiger partial charge in [0.25, 0.3) is 0 Å². The van der Waals surface area contributed by atoms with Gasteiger partial charge in [0.05, 0.1) is 0 Å². The van der Waals surface area contributed by atoms with Gasteiger partial charge in [-0.05, 0) is 0 Å². The Bertz CT molecular complexity index is 10.8. The molecule has 0 atom stereocenters. The van der Waals surface area contributed by atoms with Crippen molar-refractivity contribution in [3.63, 3.8) is 0 Å². The molecule has 0 aromatic carbocycles. The molecule has 4 heavy (non-hydrogen) atoms. The lowest BCUT2D eigenvalue weighted by Gasteiger charge is -1.68. The lowest BCUT2D eigenvalue weighted by Crippen LogP contribution is -1.94. The first-order valence-corrected chi connectivity index (χ1v) is 1.98. The summed E-state index contributed by atoms with van der Waals surface area (Å²) < 4.78 is 0. The number of hydrogen-bond acceptors (Lipinski definition) is 2. The van der Waals surface area contributed by atoms with Crippen molar-refractivity contribution in [3.8, 4) is 0 Å². The standard InChI is InChI=1S/BH2IO2/c2-1(3)4/h3-4H. The molecule has 0 unspecified atom stereocenters. The highest BCUT2D eigenvalue weighted by Crippen LogP contribution is 1.75. The van der Waals surface area contributed by atoms with Crippen molar-refractivity contribution in [2.75, 3.05) is 0 Å². The van der Waals surface area contributed by atoms with E-state index in [1.807, 2.05) is 0 Å². The monoisotopic (exact) mass is 172 g/mol. The summed E-state index contributed by atoms with van der Waals surface area (Å²) in [5.74, 6) is 0. The summed E-state index contributed by atoms with van der Waals surface area (Å²) in [5, 5.41) is 15.2. The summed E-state index contributed by atoms with van der Waals surface area (Å²) in [4.78, 5) is -1.20. The maximum Gasteiger partial charge on any atom is 0.526 e. The van der Waals surface area contributed by atoms with Crippen LogP contribution in [0.2, 0.25) is 0 Å². The van der Waals surface area contributed by atoms with Gasteiger partial charge in [-0.3, -0.25) is 0 Å². The van der Waals surface area contributed by atoms with Crippen molar-refractivity contribution in [2.45, 2.75) is 0 Å². The zero-order valence-electron chi connectivity index (χ0n) is 1.85. The molecule has 0 aromatic heterocycles. The lowest BCUT2D eigenvalue weighted by atomic mass is 10.4. The molecule has 0 amide bonds. The zero-order valence-corrected chi connectivity index (χ0v) is 4.01. The second-order valence-corrected chi connectivity index (χ2v) is 1.42. The van der Waals surface area contributed by atoms with Gasteiger partial charge < -0.3 is 10.0 Å². The van der Waals surface area contributed by atoms with Crippen LogP contribution in [0.3, 0.4) is 0 Å². The Hall–Kier alpha value is 0.715. The van der Waals surface area contributed by atoms with Crippen LogP contribution in [0, 0.1) is 0 Å². The van der Waals surface area contributed by atoms with Crippen LogP contribution in [0.5, 0.6) is 0 Å². The van der Waals surface area contributed by atoms with Gasteiger partial charge in [0.1, 0.15) is 0 Å². The van der Waals surface area contributed by atoms with Crippen LogP contribution in [0.15, 0.2) is 0 Å². The van der Waals surface area contributed by atoms with Crippen LogP contribution in [0.1, 0.15) is 0 Å². The Balaban J connectivity index is 2.32. The summed E-state index contributed by atoms with van der Waals surface area (Å²) in [7, 11) is 0. The van der Waals surface area contributed by atoms with E-state index < -0.39 is 4.97 Å². The molecule has 0 spiro atoms. The SMILES string of the molecule is OB(O)I. The van der Waals surface area contributed by atoms with Crippen molar-refractivity contribution in [1.29, 1.82) is 0 Å². The van der Waals surface area contributed by atoms with E-state index in [9.17, 15) is 0 Å². The molecule has 2 N–H and O–H groups in total. The van der Waals surface area contributed by atoms with E-state index in [-0.39, 0.29) is 0 Å². The average Bonchev–Trinajstić information content (AvgIpc) is 0.811. The van der Waals surface area contributed by atoms with Gasteiger partial charge in [-0.2, -0.15) is 0 Å². The third kappa shape index (κ3) is 15.6. The van der Waals surface area contributed by atoms with E-state index in [1.165, 1.54) is 22.4 Å². The minimum absolute atomic E-state index is 1.20. The van der Waals surface area contributed by atoms with Crippen molar-refractivity contribution in [3.05, 3.63) is 0 Å². The molecule has 0 fully saturated rings. The summed E-state index contributed by atoms with van der Waals surface area (Å²) in [5.41, 5.74) is 0. The van der Waals surface area contributed by atoms with Gasteiger partial charge >= 0.3 is 4.97 Å². The molecule has 0 bridgehead atoms. The molecule has 0 aromatic rings. The Morgan fingerprint density at radius 2 is 1.50 bits per heavy atom. The number of halogens is 1. The quantitative estimate of drug-likeness (QED) is 0.377. The fourth-order valence-electron chi connectivity index (χ4n) is 0. The normalized spacial score (nSPS) is 6.75. The maximum absolute atomic E-state index is 7.60. The number of rotatable bonds is 0. The predicted molar refractivity (Wildman–Crippen MR) is 24.2 cm³/mol. The molecule has 0 aliphatic heterocycles. The first kappa shape index (κ1) is 4.71. The third-order valence-electron chi connectivity index (χ3n) is 0. The highest BCUT2D eigenvalue weighted by atomic mass is 127. The summed E-state index contributed by atoms with van der Waals surface area (Å²) in [6, 6.07) is 0. The van der Waals surface area contributed by atoms with E-state index in [0.29, 0.717) is 0 Å². The predicted octanol–water partition coefficient (Wildman–Crippen LogP) is -0.609. The molecule has 0 radical (unpaired) electrons. The topological polar surface area (TPSA) is 40.5 Å². The molecule has 0 saturated carbocycles. The smallest absolute Gasteiger partial charge is 0.418 e. The Kier molecular flexibility index (Phi) is 2.34. The summed E-state index contributed by atoms with van der Waals surface area (Å²) >= 11 is 1.45. The van der Waals surface area contributed by atoms with E-state index in [0.717, 1.165) is 0 Å². The van der Waals surface area contributed by atoms with Gasteiger partial charge in [0.2, 0.25) is 0 Å². The average molecular weight is 172 g/mol. The van der Waals surface area contributed by atoms with Crippen molar-refractivity contribution in [1.82, 2.24) is 0 Å². The van der Waals surface area contributed by atoms with Gasteiger partial charge in [-0.1, -0.05) is 22.4 Å². The molecule has 2 nitrogen and oxygen atoms in total. The lowest BCUT2D eigenvalue weighted by molar-refractivity contribution is 0.443. The molecular formula is H2BIO2. The van der Waals surface area contributed by atoms with E-state index in [1.54, 1.807) is 0 Å². The van der Waals surface area contributed by atoms with Gasteiger partial charge in [0, 0.05) is 0 Å². The van der Waals surface area contributed by atoms with Gasteiger partial charge in [-0.25, -0.2) is 0 Å². The molecular weight excluding hydrogens is 170 g/mol. The fourth-order valence-corrected chi connectivity index (χ4v) is 0. The Labute approximate surface area is 37.9 Å². The largest absolute Gasteiger partial charge is 0.526 e.